The fourth-order valence-electron chi connectivity index (χ4n) is 3.54. The van der Waals surface area contributed by atoms with Crippen LogP contribution in [0, 0.1) is 23.6 Å². The summed E-state index contributed by atoms with van der Waals surface area (Å²) in [5, 5.41) is 0. The lowest BCUT2D eigenvalue weighted by Gasteiger charge is -2.21. The SMILES string of the molecule is Nc1ccc(F)c(C(=O)OCC2CC3CCC2C3)c1. The monoisotopic (exact) mass is 263 g/mol. The second kappa shape index (κ2) is 4.83. The summed E-state index contributed by atoms with van der Waals surface area (Å²) < 4.78 is 18.8. The average Bonchev–Trinajstić information content (AvgIpc) is 3.01. The molecule has 1 aromatic carbocycles. The van der Waals surface area contributed by atoms with Crippen molar-refractivity contribution in [1.29, 1.82) is 0 Å². The van der Waals surface area contributed by atoms with E-state index in [2.05, 4.69) is 0 Å². The van der Waals surface area contributed by atoms with Gasteiger partial charge in [0, 0.05) is 5.69 Å². The lowest BCUT2D eigenvalue weighted by atomic mass is 9.89. The van der Waals surface area contributed by atoms with Crippen molar-refractivity contribution in [2.75, 3.05) is 12.3 Å². The van der Waals surface area contributed by atoms with Gasteiger partial charge in [0.05, 0.1) is 12.2 Å². The van der Waals surface area contributed by atoms with Crippen LogP contribution in [-0.4, -0.2) is 12.6 Å². The summed E-state index contributed by atoms with van der Waals surface area (Å²) in [5.74, 6) is 0.799. The van der Waals surface area contributed by atoms with Gasteiger partial charge in [0.2, 0.25) is 0 Å². The van der Waals surface area contributed by atoms with E-state index in [0.717, 1.165) is 12.3 Å². The van der Waals surface area contributed by atoms with Crippen LogP contribution in [0.2, 0.25) is 0 Å². The van der Waals surface area contributed by atoms with Gasteiger partial charge in [-0.2, -0.15) is 0 Å². The summed E-state index contributed by atoms with van der Waals surface area (Å²) >= 11 is 0. The van der Waals surface area contributed by atoms with E-state index in [4.69, 9.17) is 10.5 Å². The summed E-state index contributed by atoms with van der Waals surface area (Å²) in [6.45, 7) is 0.411. The molecule has 3 nitrogen and oxygen atoms in total. The van der Waals surface area contributed by atoms with E-state index in [1.54, 1.807) is 0 Å². The molecular weight excluding hydrogens is 245 g/mol. The van der Waals surface area contributed by atoms with Crippen LogP contribution in [0.3, 0.4) is 0 Å². The predicted molar refractivity (Wildman–Crippen MR) is 70.0 cm³/mol. The molecule has 3 atom stereocenters. The Morgan fingerprint density at radius 2 is 2.21 bits per heavy atom. The summed E-state index contributed by atoms with van der Waals surface area (Å²) in [6, 6.07) is 3.96. The molecule has 2 aliphatic rings. The van der Waals surface area contributed by atoms with Gasteiger partial charge in [0.15, 0.2) is 0 Å². The van der Waals surface area contributed by atoms with E-state index in [9.17, 15) is 9.18 Å². The van der Waals surface area contributed by atoms with Gasteiger partial charge < -0.3 is 10.5 Å². The Morgan fingerprint density at radius 1 is 1.37 bits per heavy atom. The number of anilines is 1. The summed E-state index contributed by atoms with van der Waals surface area (Å²) in [7, 11) is 0. The van der Waals surface area contributed by atoms with Crippen molar-refractivity contribution >= 4 is 11.7 Å². The molecule has 2 bridgehead atoms. The Balaban J connectivity index is 1.61. The molecule has 0 aliphatic heterocycles. The number of carbonyl (C=O) groups is 1. The normalized spacial score (nSPS) is 28.6. The van der Waals surface area contributed by atoms with Gasteiger partial charge in [-0.3, -0.25) is 0 Å². The van der Waals surface area contributed by atoms with Crippen molar-refractivity contribution in [3.8, 4) is 0 Å². The van der Waals surface area contributed by atoms with Crippen molar-refractivity contribution in [2.45, 2.75) is 25.7 Å². The smallest absolute Gasteiger partial charge is 0.341 e. The first-order valence-corrected chi connectivity index (χ1v) is 6.85. The molecule has 3 unspecified atom stereocenters. The van der Waals surface area contributed by atoms with Crippen LogP contribution >= 0.6 is 0 Å². The van der Waals surface area contributed by atoms with E-state index >= 15 is 0 Å². The summed E-state index contributed by atoms with van der Waals surface area (Å²) in [4.78, 5) is 11.9. The molecule has 0 amide bonds. The predicted octanol–water partition coefficient (Wildman–Crippen LogP) is 3.00. The molecule has 19 heavy (non-hydrogen) atoms. The number of carbonyl (C=O) groups excluding carboxylic acids is 1. The Kier molecular flexibility index (Phi) is 3.17. The molecule has 102 valence electrons. The Labute approximate surface area is 111 Å². The fraction of sp³-hybridized carbons (Fsp3) is 0.533. The molecule has 0 saturated heterocycles. The third-order valence-corrected chi connectivity index (χ3v) is 4.52. The van der Waals surface area contributed by atoms with E-state index in [-0.39, 0.29) is 5.56 Å². The molecule has 0 heterocycles. The third-order valence-electron chi connectivity index (χ3n) is 4.52. The minimum absolute atomic E-state index is 0.0665. The molecule has 2 aliphatic carbocycles. The maximum absolute atomic E-state index is 13.5. The second-order valence-corrected chi connectivity index (χ2v) is 5.77. The Hall–Kier alpha value is -1.58. The number of nitrogens with two attached hydrogens (primary N) is 1. The highest BCUT2D eigenvalue weighted by atomic mass is 19.1. The molecule has 2 N–H and O–H groups in total. The molecule has 1 aromatic rings. The van der Waals surface area contributed by atoms with Crippen LogP contribution in [0.4, 0.5) is 10.1 Å². The number of ether oxygens (including phenoxy) is 1. The van der Waals surface area contributed by atoms with Crippen LogP contribution in [0.25, 0.3) is 0 Å². The Bertz CT molecular complexity index is 503. The number of benzene rings is 1. The zero-order valence-electron chi connectivity index (χ0n) is 10.8. The molecule has 2 saturated carbocycles. The third kappa shape index (κ3) is 2.44. The molecule has 0 aromatic heterocycles. The highest BCUT2D eigenvalue weighted by Gasteiger charge is 2.39. The standard InChI is InChI=1S/C15H18FNO2/c16-14-4-3-12(17)7-13(14)15(18)19-8-11-6-9-1-2-10(11)5-9/h3-4,7,9-11H,1-2,5-6,8,17H2. The minimum atomic E-state index is -0.604. The maximum atomic E-state index is 13.5. The molecule has 3 rings (SSSR count). The van der Waals surface area contributed by atoms with Crippen LogP contribution in [0.5, 0.6) is 0 Å². The van der Waals surface area contributed by atoms with Gasteiger partial charge >= 0.3 is 5.97 Å². The van der Waals surface area contributed by atoms with E-state index in [1.165, 1.54) is 37.5 Å². The lowest BCUT2D eigenvalue weighted by molar-refractivity contribution is 0.0389. The first-order chi connectivity index (χ1) is 9.13. The first-order valence-electron chi connectivity index (χ1n) is 6.85. The number of rotatable bonds is 3. The van der Waals surface area contributed by atoms with Crippen LogP contribution < -0.4 is 5.73 Å². The van der Waals surface area contributed by atoms with Crippen LogP contribution in [0.1, 0.15) is 36.0 Å². The van der Waals surface area contributed by atoms with Gasteiger partial charge in [-0.1, -0.05) is 6.42 Å². The van der Waals surface area contributed by atoms with E-state index in [0.29, 0.717) is 24.1 Å². The molecular formula is C15H18FNO2. The largest absolute Gasteiger partial charge is 0.462 e. The highest BCUT2D eigenvalue weighted by molar-refractivity contribution is 5.90. The molecule has 0 spiro atoms. The summed E-state index contributed by atoms with van der Waals surface area (Å²) in [5.41, 5.74) is 5.86. The number of fused-ring (bicyclic) bond motifs is 2. The van der Waals surface area contributed by atoms with Crippen molar-refractivity contribution in [1.82, 2.24) is 0 Å². The van der Waals surface area contributed by atoms with Crippen LogP contribution in [0.15, 0.2) is 18.2 Å². The highest BCUT2D eigenvalue weighted by Crippen LogP contribution is 2.48. The van der Waals surface area contributed by atoms with Gasteiger partial charge in [-0.05, 0) is 55.2 Å². The lowest BCUT2D eigenvalue weighted by Crippen LogP contribution is -2.20. The molecule has 4 heteroatoms. The zero-order valence-corrected chi connectivity index (χ0v) is 10.8. The van der Waals surface area contributed by atoms with Crippen molar-refractivity contribution in [3.05, 3.63) is 29.6 Å². The Morgan fingerprint density at radius 3 is 2.89 bits per heavy atom. The van der Waals surface area contributed by atoms with Crippen molar-refractivity contribution in [2.24, 2.45) is 17.8 Å². The number of halogens is 1. The van der Waals surface area contributed by atoms with Crippen LogP contribution in [-0.2, 0) is 4.74 Å². The van der Waals surface area contributed by atoms with E-state index in [1.807, 2.05) is 0 Å². The fourth-order valence-corrected chi connectivity index (χ4v) is 3.54. The average molecular weight is 263 g/mol. The number of hydrogen-bond acceptors (Lipinski definition) is 3. The summed E-state index contributed by atoms with van der Waals surface area (Å²) in [6.07, 6.45) is 4.99. The number of esters is 1. The maximum Gasteiger partial charge on any atom is 0.341 e. The number of hydrogen-bond donors (Lipinski definition) is 1. The first kappa shape index (κ1) is 12.5. The zero-order chi connectivity index (χ0) is 13.4. The molecule has 0 radical (unpaired) electrons. The van der Waals surface area contributed by atoms with Crippen molar-refractivity contribution in [3.63, 3.8) is 0 Å². The van der Waals surface area contributed by atoms with Gasteiger partial charge in [0.1, 0.15) is 5.82 Å². The van der Waals surface area contributed by atoms with Gasteiger partial charge in [-0.15, -0.1) is 0 Å². The topological polar surface area (TPSA) is 52.3 Å². The van der Waals surface area contributed by atoms with E-state index < -0.39 is 11.8 Å². The van der Waals surface area contributed by atoms with Crippen molar-refractivity contribution < 1.29 is 13.9 Å². The second-order valence-electron chi connectivity index (χ2n) is 5.77. The molecule has 2 fully saturated rings. The quantitative estimate of drug-likeness (QED) is 0.673. The van der Waals surface area contributed by atoms with Gasteiger partial charge in [0.25, 0.3) is 0 Å². The number of nitrogen functional groups attached to an aromatic ring is 1. The van der Waals surface area contributed by atoms with Gasteiger partial charge in [-0.25, -0.2) is 9.18 Å². The minimum Gasteiger partial charge on any atom is -0.462 e.